The number of nitrogens with zero attached hydrogens (tertiary/aromatic N) is 3. The smallest absolute Gasteiger partial charge is 0.138 e. The molecule has 1 heterocycles. The lowest BCUT2D eigenvalue weighted by Gasteiger charge is -2.07. The fourth-order valence-electron chi connectivity index (χ4n) is 1.71. The molecule has 0 aliphatic rings. The van der Waals surface area contributed by atoms with Crippen LogP contribution in [0.4, 0.5) is 0 Å². The highest BCUT2D eigenvalue weighted by molar-refractivity contribution is 4.96. The van der Waals surface area contributed by atoms with Crippen LogP contribution in [0.1, 0.15) is 39.9 Å². The van der Waals surface area contributed by atoms with Crippen LogP contribution in [0.2, 0.25) is 0 Å². The van der Waals surface area contributed by atoms with E-state index in [0.717, 1.165) is 31.8 Å². The van der Waals surface area contributed by atoms with Crippen LogP contribution in [0.15, 0.2) is 18.5 Å². The molecule has 0 fully saturated rings. The molecule has 0 bridgehead atoms. The van der Waals surface area contributed by atoms with Gasteiger partial charge in [-0.25, -0.2) is 9.67 Å². The topological polar surface area (TPSA) is 42.7 Å². The van der Waals surface area contributed by atoms with Crippen molar-refractivity contribution in [1.82, 2.24) is 20.1 Å². The molecule has 0 amide bonds. The van der Waals surface area contributed by atoms with E-state index in [1.807, 2.05) is 4.68 Å². The Hall–Kier alpha value is -1.16. The minimum atomic E-state index is 0.563. The Labute approximate surface area is 110 Å². The van der Waals surface area contributed by atoms with E-state index in [-0.39, 0.29) is 0 Å². The molecule has 18 heavy (non-hydrogen) atoms. The summed E-state index contributed by atoms with van der Waals surface area (Å²) in [6.45, 7) is 10.7. The molecule has 0 aliphatic carbocycles. The minimum Gasteiger partial charge on any atom is -0.314 e. The largest absolute Gasteiger partial charge is 0.314 e. The van der Waals surface area contributed by atoms with Gasteiger partial charge in [-0.1, -0.05) is 39.8 Å². The molecule has 4 nitrogen and oxygen atoms in total. The van der Waals surface area contributed by atoms with E-state index in [0.29, 0.717) is 12.0 Å². The molecule has 4 heteroatoms. The van der Waals surface area contributed by atoms with Gasteiger partial charge in [-0.2, -0.15) is 5.10 Å². The number of hydrogen-bond acceptors (Lipinski definition) is 3. The van der Waals surface area contributed by atoms with E-state index < -0.39 is 0 Å². The molecule has 0 aliphatic heterocycles. The first-order valence-corrected chi connectivity index (χ1v) is 6.84. The molecular formula is C14H26N4. The number of rotatable bonds is 8. The van der Waals surface area contributed by atoms with Gasteiger partial charge in [0.1, 0.15) is 12.2 Å². The van der Waals surface area contributed by atoms with Crippen molar-refractivity contribution in [2.75, 3.05) is 6.54 Å². The van der Waals surface area contributed by atoms with E-state index in [2.05, 4.69) is 55.2 Å². The fraction of sp³-hybridized carbons (Fsp3) is 0.714. The van der Waals surface area contributed by atoms with Crippen molar-refractivity contribution >= 4 is 0 Å². The molecule has 1 rings (SSSR count). The summed E-state index contributed by atoms with van der Waals surface area (Å²) >= 11 is 0. The quantitative estimate of drug-likeness (QED) is 0.569. The van der Waals surface area contributed by atoms with Gasteiger partial charge in [0.25, 0.3) is 0 Å². The summed E-state index contributed by atoms with van der Waals surface area (Å²) in [4.78, 5) is 4.30. The summed E-state index contributed by atoms with van der Waals surface area (Å²) in [6.07, 6.45) is 7.98. The summed E-state index contributed by atoms with van der Waals surface area (Å²) < 4.78 is 2.00. The molecule has 1 aromatic rings. The standard InChI is InChI=1S/C14H26N4/c1-12(2)10-18-14(16-11-17-18)8-6-5-7-9-15-13(3)4/h5-6,11-13,15H,7-10H2,1-4H3. The minimum absolute atomic E-state index is 0.563. The van der Waals surface area contributed by atoms with Crippen molar-refractivity contribution < 1.29 is 0 Å². The van der Waals surface area contributed by atoms with Gasteiger partial charge in [-0.05, 0) is 18.9 Å². The molecule has 0 unspecified atom stereocenters. The van der Waals surface area contributed by atoms with Crippen LogP contribution >= 0.6 is 0 Å². The zero-order valence-corrected chi connectivity index (χ0v) is 12.1. The van der Waals surface area contributed by atoms with E-state index in [4.69, 9.17) is 0 Å². The lowest BCUT2D eigenvalue weighted by Crippen LogP contribution is -2.23. The second-order valence-corrected chi connectivity index (χ2v) is 5.33. The maximum atomic E-state index is 4.30. The van der Waals surface area contributed by atoms with E-state index in [1.165, 1.54) is 0 Å². The van der Waals surface area contributed by atoms with E-state index in [1.54, 1.807) is 6.33 Å². The highest BCUT2D eigenvalue weighted by Gasteiger charge is 2.03. The van der Waals surface area contributed by atoms with E-state index in [9.17, 15) is 0 Å². The van der Waals surface area contributed by atoms with Gasteiger partial charge >= 0.3 is 0 Å². The summed E-state index contributed by atoms with van der Waals surface area (Å²) in [5.74, 6) is 1.65. The highest BCUT2D eigenvalue weighted by atomic mass is 15.3. The average Bonchev–Trinajstić information content (AvgIpc) is 2.69. The molecule has 0 aromatic carbocycles. The number of hydrogen-bond donors (Lipinski definition) is 1. The van der Waals surface area contributed by atoms with Crippen LogP contribution in [0.5, 0.6) is 0 Å². The Balaban J connectivity index is 2.30. The number of nitrogens with one attached hydrogen (secondary N) is 1. The molecule has 0 spiro atoms. The summed E-state index contributed by atoms with van der Waals surface area (Å²) in [7, 11) is 0. The first-order valence-electron chi connectivity index (χ1n) is 6.84. The molecule has 0 saturated heterocycles. The third-order valence-corrected chi connectivity index (χ3v) is 2.56. The van der Waals surface area contributed by atoms with Crippen molar-refractivity contribution in [2.45, 2.75) is 53.1 Å². The van der Waals surface area contributed by atoms with Gasteiger partial charge < -0.3 is 5.32 Å². The van der Waals surface area contributed by atoms with Crippen LogP contribution in [-0.2, 0) is 13.0 Å². The van der Waals surface area contributed by atoms with Crippen LogP contribution in [0.3, 0.4) is 0 Å². The van der Waals surface area contributed by atoms with E-state index >= 15 is 0 Å². The highest BCUT2D eigenvalue weighted by Crippen LogP contribution is 2.02. The second kappa shape index (κ2) is 8.03. The van der Waals surface area contributed by atoms with Crippen molar-refractivity contribution in [2.24, 2.45) is 5.92 Å². The molecular weight excluding hydrogens is 224 g/mol. The van der Waals surface area contributed by atoms with Gasteiger partial charge in [0.15, 0.2) is 0 Å². The predicted octanol–water partition coefficient (Wildman–Crippen LogP) is 2.42. The lowest BCUT2D eigenvalue weighted by molar-refractivity contribution is 0.469. The van der Waals surface area contributed by atoms with Crippen molar-refractivity contribution in [3.8, 4) is 0 Å². The van der Waals surface area contributed by atoms with Crippen LogP contribution in [-0.4, -0.2) is 27.4 Å². The van der Waals surface area contributed by atoms with Crippen molar-refractivity contribution in [1.29, 1.82) is 0 Å². The van der Waals surface area contributed by atoms with Gasteiger partial charge in [0.2, 0.25) is 0 Å². The van der Waals surface area contributed by atoms with Gasteiger partial charge in [-0.15, -0.1) is 0 Å². The Morgan fingerprint density at radius 2 is 2.06 bits per heavy atom. The Morgan fingerprint density at radius 1 is 1.28 bits per heavy atom. The van der Waals surface area contributed by atoms with Crippen LogP contribution in [0.25, 0.3) is 0 Å². The summed E-state index contributed by atoms with van der Waals surface area (Å²) in [6, 6.07) is 0.563. The third kappa shape index (κ3) is 5.96. The number of aromatic nitrogens is 3. The van der Waals surface area contributed by atoms with Gasteiger partial charge in [0, 0.05) is 19.0 Å². The molecule has 0 atom stereocenters. The Kier molecular flexibility index (Phi) is 6.65. The molecule has 0 saturated carbocycles. The predicted molar refractivity (Wildman–Crippen MR) is 75.5 cm³/mol. The van der Waals surface area contributed by atoms with Crippen molar-refractivity contribution in [3.63, 3.8) is 0 Å². The summed E-state index contributed by atoms with van der Waals surface area (Å²) in [5, 5.41) is 7.65. The lowest BCUT2D eigenvalue weighted by atomic mass is 10.2. The molecule has 1 N–H and O–H groups in total. The van der Waals surface area contributed by atoms with Crippen LogP contribution in [0, 0.1) is 5.92 Å². The van der Waals surface area contributed by atoms with Gasteiger partial charge in [-0.3, -0.25) is 0 Å². The number of allylic oxidation sites excluding steroid dienone is 1. The first-order chi connectivity index (χ1) is 8.59. The maximum Gasteiger partial charge on any atom is 0.138 e. The van der Waals surface area contributed by atoms with Crippen molar-refractivity contribution in [3.05, 3.63) is 24.3 Å². The zero-order valence-electron chi connectivity index (χ0n) is 12.1. The first kappa shape index (κ1) is 14.9. The van der Waals surface area contributed by atoms with Gasteiger partial charge in [0.05, 0.1) is 0 Å². The third-order valence-electron chi connectivity index (χ3n) is 2.56. The second-order valence-electron chi connectivity index (χ2n) is 5.33. The Morgan fingerprint density at radius 3 is 2.72 bits per heavy atom. The molecule has 102 valence electrons. The zero-order chi connectivity index (χ0) is 13.4. The Bertz CT molecular complexity index is 352. The SMILES string of the molecule is CC(C)Cn1ncnc1CC=CCCNC(C)C. The normalized spacial score (nSPS) is 12.1. The molecule has 1 aromatic heterocycles. The average molecular weight is 250 g/mol. The summed E-state index contributed by atoms with van der Waals surface area (Å²) in [5.41, 5.74) is 0. The molecule has 0 radical (unpaired) electrons. The van der Waals surface area contributed by atoms with Crippen LogP contribution < -0.4 is 5.32 Å². The fourth-order valence-corrected chi connectivity index (χ4v) is 1.71. The maximum absolute atomic E-state index is 4.30. The monoisotopic (exact) mass is 250 g/mol.